The highest BCUT2D eigenvalue weighted by Crippen LogP contribution is 2.29. The molecule has 0 aromatic heterocycles. The largest absolute Gasteiger partial charge is 0.302 e. The fourth-order valence-corrected chi connectivity index (χ4v) is 4.59. The van der Waals surface area contributed by atoms with Crippen LogP contribution < -0.4 is 0 Å². The van der Waals surface area contributed by atoms with E-state index in [0.29, 0.717) is 16.1 Å². The molecule has 0 amide bonds. The Bertz CT molecular complexity index is 520. The standard InChI is InChI=1S/C19H28Cl2N2.BrH/c1-22(13-10-15-8-9-16(20)17(21)14-15)18-6-2-3-7-19(18)23-11-4-5-12-23;/h8-9,14,18-19H,2-7,10-13H2,1H3;1H/t18-,19+;/m0./s1. The van der Waals surface area contributed by atoms with Crippen LogP contribution in [0.25, 0.3) is 0 Å². The van der Waals surface area contributed by atoms with Gasteiger partial charge in [-0.1, -0.05) is 42.1 Å². The Morgan fingerprint density at radius 1 is 1.04 bits per heavy atom. The van der Waals surface area contributed by atoms with Crippen LogP contribution >= 0.6 is 40.2 Å². The summed E-state index contributed by atoms with van der Waals surface area (Å²) < 4.78 is 0. The van der Waals surface area contributed by atoms with Crippen LogP contribution in [0.3, 0.4) is 0 Å². The third-order valence-electron chi connectivity index (χ3n) is 5.61. The van der Waals surface area contributed by atoms with E-state index in [4.69, 9.17) is 23.2 Å². The van der Waals surface area contributed by atoms with Crippen LogP contribution in [0, 0.1) is 0 Å². The van der Waals surface area contributed by atoms with Crippen molar-refractivity contribution in [3.05, 3.63) is 33.8 Å². The molecule has 2 nitrogen and oxygen atoms in total. The van der Waals surface area contributed by atoms with E-state index in [1.807, 2.05) is 12.1 Å². The quantitative estimate of drug-likeness (QED) is 0.606. The van der Waals surface area contributed by atoms with Crippen LogP contribution in [0.15, 0.2) is 18.2 Å². The lowest BCUT2D eigenvalue weighted by Gasteiger charge is -2.42. The molecule has 1 aromatic rings. The molecule has 0 radical (unpaired) electrons. The molecular formula is C19H29BrCl2N2. The highest BCUT2D eigenvalue weighted by atomic mass is 79.9. The summed E-state index contributed by atoms with van der Waals surface area (Å²) in [4.78, 5) is 5.34. The van der Waals surface area contributed by atoms with E-state index < -0.39 is 0 Å². The molecule has 1 aliphatic carbocycles. The van der Waals surface area contributed by atoms with Gasteiger partial charge in [0.2, 0.25) is 0 Å². The van der Waals surface area contributed by atoms with Crippen molar-refractivity contribution in [1.29, 1.82) is 0 Å². The van der Waals surface area contributed by atoms with E-state index in [1.54, 1.807) is 0 Å². The summed E-state index contributed by atoms with van der Waals surface area (Å²) in [6.45, 7) is 3.70. The van der Waals surface area contributed by atoms with Crippen LogP contribution in [-0.2, 0) is 6.42 Å². The maximum absolute atomic E-state index is 6.13. The highest BCUT2D eigenvalue weighted by molar-refractivity contribution is 8.93. The molecule has 1 saturated carbocycles. The second-order valence-corrected chi connectivity index (χ2v) is 7.96. The van der Waals surface area contributed by atoms with Crippen molar-refractivity contribution in [1.82, 2.24) is 9.80 Å². The third-order valence-corrected chi connectivity index (χ3v) is 6.35. The second kappa shape index (κ2) is 9.78. The summed E-state index contributed by atoms with van der Waals surface area (Å²) in [5.74, 6) is 0. The topological polar surface area (TPSA) is 6.48 Å². The molecule has 2 fully saturated rings. The van der Waals surface area contributed by atoms with Crippen molar-refractivity contribution < 1.29 is 0 Å². The first-order chi connectivity index (χ1) is 11.1. The molecule has 24 heavy (non-hydrogen) atoms. The van der Waals surface area contributed by atoms with E-state index in [-0.39, 0.29) is 17.0 Å². The zero-order valence-corrected chi connectivity index (χ0v) is 17.7. The number of likely N-dealkylation sites (N-methyl/N-ethyl adjacent to an activating group) is 1. The highest BCUT2D eigenvalue weighted by Gasteiger charge is 2.33. The molecule has 5 heteroatoms. The molecule has 0 spiro atoms. The van der Waals surface area contributed by atoms with E-state index in [2.05, 4.69) is 22.9 Å². The van der Waals surface area contributed by atoms with Gasteiger partial charge in [0.15, 0.2) is 0 Å². The lowest BCUT2D eigenvalue weighted by molar-refractivity contribution is 0.0771. The molecule has 0 N–H and O–H groups in total. The van der Waals surface area contributed by atoms with Crippen molar-refractivity contribution in [2.24, 2.45) is 0 Å². The van der Waals surface area contributed by atoms with Gasteiger partial charge < -0.3 is 4.90 Å². The minimum absolute atomic E-state index is 0. The maximum atomic E-state index is 6.13. The monoisotopic (exact) mass is 434 g/mol. The van der Waals surface area contributed by atoms with E-state index >= 15 is 0 Å². The van der Waals surface area contributed by atoms with Crippen molar-refractivity contribution >= 4 is 40.2 Å². The molecule has 2 aliphatic rings. The zero-order valence-electron chi connectivity index (χ0n) is 14.5. The predicted molar refractivity (Wildman–Crippen MR) is 110 cm³/mol. The fraction of sp³-hybridized carbons (Fsp3) is 0.684. The first-order valence-corrected chi connectivity index (χ1v) is 9.79. The number of hydrogen-bond acceptors (Lipinski definition) is 2. The first-order valence-electron chi connectivity index (χ1n) is 9.03. The summed E-state index contributed by atoms with van der Waals surface area (Å²) in [6.07, 6.45) is 9.31. The van der Waals surface area contributed by atoms with Gasteiger partial charge in [-0.2, -0.15) is 0 Å². The normalized spacial score (nSPS) is 25.0. The van der Waals surface area contributed by atoms with Crippen LogP contribution in [0.5, 0.6) is 0 Å². The van der Waals surface area contributed by atoms with Gasteiger partial charge in [0, 0.05) is 18.6 Å². The van der Waals surface area contributed by atoms with Crippen LogP contribution in [-0.4, -0.2) is 48.6 Å². The van der Waals surface area contributed by atoms with E-state index in [0.717, 1.165) is 19.0 Å². The Kier molecular flexibility index (Phi) is 8.35. The molecule has 2 atom stereocenters. The number of benzene rings is 1. The van der Waals surface area contributed by atoms with Crippen molar-refractivity contribution in [3.8, 4) is 0 Å². The van der Waals surface area contributed by atoms with Crippen LogP contribution in [0.2, 0.25) is 10.0 Å². The average molecular weight is 436 g/mol. The molecule has 1 saturated heterocycles. The smallest absolute Gasteiger partial charge is 0.0595 e. The fourth-order valence-electron chi connectivity index (χ4n) is 4.27. The predicted octanol–water partition coefficient (Wildman–Crippen LogP) is 5.45. The van der Waals surface area contributed by atoms with Gasteiger partial charge in [-0.3, -0.25) is 4.90 Å². The minimum atomic E-state index is 0. The maximum Gasteiger partial charge on any atom is 0.0595 e. The van der Waals surface area contributed by atoms with Crippen molar-refractivity contribution in [2.75, 3.05) is 26.7 Å². The number of likely N-dealkylation sites (tertiary alicyclic amines) is 1. The number of halogens is 3. The molecule has 1 heterocycles. The molecular weight excluding hydrogens is 407 g/mol. The number of nitrogens with zero attached hydrogens (tertiary/aromatic N) is 2. The SMILES string of the molecule is Br.CN(CCc1ccc(Cl)c(Cl)c1)[C@H]1CCCC[C@H]1N1CCCC1. The van der Waals surface area contributed by atoms with Gasteiger partial charge in [0.05, 0.1) is 10.0 Å². The lowest BCUT2D eigenvalue weighted by Crippen LogP contribution is -2.51. The molecule has 3 rings (SSSR count). The summed E-state index contributed by atoms with van der Waals surface area (Å²) in [5, 5.41) is 1.31. The average Bonchev–Trinajstić information content (AvgIpc) is 3.10. The number of rotatable bonds is 5. The Morgan fingerprint density at radius 3 is 2.46 bits per heavy atom. The molecule has 1 aliphatic heterocycles. The van der Waals surface area contributed by atoms with Gasteiger partial charge in [-0.15, -0.1) is 17.0 Å². The van der Waals surface area contributed by atoms with Gasteiger partial charge in [0.25, 0.3) is 0 Å². The number of hydrogen-bond donors (Lipinski definition) is 0. The Balaban J connectivity index is 0.00000208. The van der Waals surface area contributed by atoms with Gasteiger partial charge >= 0.3 is 0 Å². The zero-order chi connectivity index (χ0) is 16.2. The molecule has 0 bridgehead atoms. The van der Waals surface area contributed by atoms with Gasteiger partial charge in [-0.05, 0) is 69.9 Å². The molecule has 0 unspecified atom stereocenters. The van der Waals surface area contributed by atoms with Crippen molar-refractivity contribution in [2.45, 2.75) is 57.0 Å². The third kappa shape index (κ3) is 5.11. The first kappa shape index (κ1) is 20.5. The van der Waals surface area contributed by atoms with Crippen LogP contribution in [0.4, 0.5) is 0 Å². The Morgan fingerprint density at radius 2 is 1.75 bits per heavy atom. The second-order valence-electron chi connectivity index (χ2n) is 7.14. The summed E-state index contributed by atoms with van der Waals surface area (Å²) in [7, 11) is 2.30. The van der Waals surface area contributed by atoms with E-state index in [9.17, 15) is 0 Å². The summed E-state index contributed by atoms with van der Waals surface area (Å²) in [5.41, 5.74) is 1.28. The van der Waals surface area contributed by atoms with Gasteiger partial charge in [-0.25, -0.2) is 0 Å². The lowest BCUT2D eigenvalue weighted by atomic mass is 9.88. The van der Waals surface area contributed by atoms with E-state index in [1.165, 1.54) is 57.2 Å². The van der Waals surface area contributed by atoms with Gasteiger partial charge in [0.1, 0.15) is 0 Å². The summed E-state index contributed by atoms with van der Waals surface area (Å²) in [6, 6.07) is 7.50. The molecule has 1 aromatic carbocycles. The van der Waals surface area contributed by atoms with Crippen molar-refractivity contribution in [3.63, 3.8) is 0 Å². The summed E-state index contributed by atoms with van der Waals surface area (Å²) >= 11 is 12.1. The van der Waals surface area contributed by atoms with Crippen LogP contribution in [0.1, 0.15) is 44.1 Å². The minimum Gasteiger partial charge on any atom is -0.302 e. The Hall–Kier alpha value is 0.200. The Labute approximate surface area is 167 Å². The molecule has 136 valence electrons.